The van der Waals surface area contributed by atoms with Gasteiger partial charge in [-0.2, -0.15) is 4.98 Å². The van der Waals surface area contributed by atoms with Crippen LogP contribution in [0.3, 0.4) is 0 Å². The number of ether oxygens (including phenoxy) is 1. The van der Waals surface area contributed by atoms with Gasteiger partial charge in [0, 0.05) is 19.4 Å². The smallest absolute Gasteiger partial charge is 0.231 e. The van der Waals surface area contributed by atoms with Crippen LogP contribution < -0.4 is 10.1 Å². The second-order valence-corrected chi connectivity index (χ2v) is 4.98. The Morgan fingerprint density at radius 2 is 2.04 bits per heavy atom. The first-order valence-corrected chi connectivity index (χ1v) is 7.16. The molecule has 0 atom stereocenters. The molecule has 1 aromatic carbocycles. The Kier molecular flexibility index (Phi) is 4.18. The highest BCUT2D eigenvalue weighted by Crippen LogP contribution is 2.22. The van der Waals surface area contributed by atoms with E-state index in [0.717, 1.165) is 16.9 Å². The molecule has 2 aromatic heterocycles. The summed E-state index contributed by atoms with van der Waals surface area (Å²) in [7, 11) is 3.42. The summed E-state index contributed by atoms with van der Waals surface area (Å²) in [5.74, 6) is 2.39. The summed E-state index contributed by atoms with van der Waals surface area (Å²) in [6, 6.07) is 5.90. The van der Waals surface area contributed by atoms with Gasteiger partial charge in [0.2, 0.25) is 11.7 Å². The van der Waals surface area contributed by atoms with E-state index in [-0.39, 0.29) is 0 Å². The van der Waals surface area contributed by atoms with E-state index in [1.165, 1.54) is 0 Å². The van der Waals surface area contributed by atoms with Gasteiger partial charge in [-0.3, -0.25) is 0 Å². The van der Waals surface area contributed by atoms with Gasteiger partial charge in [0.1, 0.15) is 5.75 Å². The van der Waals surface area contributed by atoms with Crippen LogP contribution in [-0.2, 0) is 6.42 Å². The maximum Gasteiger partial charge on any atom is 0.231 e. The molecule has 2 heterocycles. The van der Waals surface area contributed by atoms with E-state index in [9.17, 15) is 0 Å². The van der Waals surface area contributed by atoms with Gasteiger partial charge in [-0.15, -0.1) is 0 Å². The molecule has 0 aliphatic heterocycles. The maximum atomic E-state index is 5.35. The molecular formula is C16H17N5O2. The molecule has 0 spiro atoms. The number of nitrogens with one attached hydrogen (secondary N) is 1. The minimum Gasteiger partial charge on any atom is -0.497 e. The summed E-state index contributed by atoms with van der Waals surface area (Å²) >= 11 is 0. The van der Waals surface area contributed by atoms with Crippen LogP contribution in [0.15, 0.2) is 35.1 Å². The lowest BCUT2D eigenvalue weighted by Crippen LogP contribution is -1.98. The Bertz CT molecular complexity index is 816. The number of methoxy groups -OCH3 is 1. The van der Waals surface area contributed by atoms with Crippen molar-refractivity contribution >= 4 is 5.82 Å². The number of hydrogen-bond acceptors (Lipinski definition) is 7. The third-order valence-electron chi connectivity index (χ3n) is 3.51. The van der Waals surface area contributed by atoms with Crippen molar-refractivity contribution in [3.63, 3.8) is 0 Å². The molecule has 0 saturated carbocycles. The lowest BCUT2D eigenvalue weighted by atomic mass is 10.1. The molecule has 0 amide bonds. The first-order valence-electron chi connectivity index (χ1n) is 7.16. The topological polar surface area (TPSA) is 86.0 Å². The molecule has 0 unspecified atom stereocenters. The van der Waals surface area contributed by atoms with E-state index in [0.29, 0.717) is 29.6 Å². The number of anilines is 1. The molecule has 23 heavy (non-hydrogen) atoms. The highest BCUT2D eigenvalue weighted by Gasteiger charge is 2.15. The average Bonchev–Trinajstić information content (AvgIpc) is 3.05. The molecule has 7 nitrogen and oxygen atoms in total. The lowest BCUT2D eigenvalue weighted by molar-refractivity contribution is 0.385. The zero-order valence-corrected chi connectivity index (χ0v) is 13.2. The van der Waals surface area contributed by atoms with Gasteiger partial charge >= 0.3 is 0 Å². The minimum atomic E-state index is 0.420. The highest BCUT2D eigenvalue weighted by molar-refractivity contribution is 5.64. The van der Waals surface area contributed by atoms with Crippen molar-refractivity contribution < 1.29 is 9.26 Å². The third kappa shape index (κ3) is 3.13. The average molecular weight is 311 g/mol. The minimum absolute atomic E-state index is 0.420. The molecule has 0 aliphatic carbocycles. The van der Waals surface area contributed by atoms with Crippen LogP contribution in [0.4, 0.5) is 5.82 Å². The molecule has 0 radical (unpaired) electrons. The Labute approximate surface area is 133 Å². The van der Waals surface area contributed by atoms with Gasteiger partial charge in [-0.05, 0) is 30.2 Å². The molecule has 118 valence electrons. The van der Waals surface area contributed by atoms with Crippen molar-refractivity contribution in [2.45, 2.75) is 13.3 Å². The fraction of sp³-hybridized carbons (Fsp3) is 0.250. The van der Waals surface area contributed by atoms with Crippen molar-refractivity contribution in [1.82, 2.24) is 20.1 Å². The van der Waals surface area contributed by atoms with Crippen molar-refractivity contribution in [3.05, 3.63) is 47.6 Å². The monoisotopic (exact) mass is 311 g/mol. The zero-order chi connectivity index (χ0) is 16.2. The van der Waals surface area contributed by atoms with Gasteiger partial charge in [-0.25, -0.2) is 9.97 Å². The van der Waals surface area contributed by atoms with Gasteiger partial charge < -0.3 is 14.6 Å². The normalized spacial score (nSPS) is 10.6. The van der Waals surface area contributed by atoms with Crippen LogP contribution in [0, 0.1) is 6.92 Å². The largest absolute Gasteiger partial charge is 0.497 e. The lowest BCUT2D eigenvalue weighted by Gasteiger charge is -2.05. The van der Waals surface area contributed by atoms with E-state index in [4.69, 9.17) is 9.26 Å². The summed E-state index contributed by atoms with van der Waals surface area (Å²) < 4.78 is 10.6. The molecule has 3 aromatic rings. The molecule has 7 heteroatoms. The van der Waals surface area contributed by atoms with Crippen LogP contribution in [0.2, 0.25) is 0 Å². The second-order valence-electron chi connectivity index (χ2n) is 4.98. The van der Waals surface area contributed by atoms with Crippen LogP contribution in [0.1, 0.15) is 17.0 Å². The van der Waals surface area contributed by atoms with Crippen LogP contribution >= 0.6 is 0 Å². The second kappa shape index (κ2) is 6.43. The summed E-state index contributed by atoms with van der Waals surface area (Å²) in [5.41, 5.74) is 2.78. The van der Waals surface area contributed by atoms with Gasteiger partial charge in [0.25, 0.3) is 0 Å². The highest BCUT2D eigenvalue weighted by atomic mass is 16.5. The Balaban J connectivity index is 1.85. The van der Waals surface area contributed by atoms with Gasteiger partial charge in [0.05, 0.1) is 13.5 Å². The molecule has 0 saturated heterocycles. The van der Waals surface area contributed by atoms with Crippen molar-refractivity contribution in [2.24, 2.45) is 0 Å². The fourth-order valence-corrected chi connectivity index (χ4v) is 2.26. The summed E-state index contributed by atoms with van der Waals surface area (Å²) in [4.78, 5) is 12.9. The van der Waals surface area contributed by atoms with E-state index >= 15 is 0 Å². The van der Waals surface area contributed by atoms with Crippen LogP contribution in [0.5, 0.6) is 5.75 Å². The number of benzene rings is 1. The van der Waals surface area contributed by atoms with Gasteiger partial charge in [0.15, 0.2) is 11.5 Å². The van der Waals surface area contributed by atoms with E-state index in [1.807, 2.05) is 25.1 Å². The number of aromatic nitrogens is 4. The number of hydrogen-bond donors (Lipinski definition) is 1. The molecule has 0 fully saturated rings. The van der Waals surface area contributed by atoms with Crippen molar-refractivity contribution in [3.8, 4) is 17.3 Å². The molecule has 1 N–H and O–H groups in total. The summed E-state index contributed by atoms with van der Waals surface area (Å²) in [6.07, 6.45) is 3.76. The molecule has 0 bridgehead atoms. The maximum absolute atomic E-state index is 5.35. The Hall–Kier alpha value is -2.96. The first-order chi connectivity index (χ1) is 11.2. The number of aryl methyl sites for hydroxylation is 1. The van der Waals surface area contributed by atoms with Crippen molar-refractivity contribution in [1.29, 1.82) is 0 Å². The van der Waals surface area contributed by atoms with E-state index < -0.39 is 0 Å². The zero-order valence-electron chi connectivity index (χ0n) is 13.2. The summed E-state index contributed by atoms with van der Waals surface area (Å²) in [6.45, 7) is 2.02. The van der Waals surface area contributed by atoms with Crippen molar-refractivity contribution in [2.75, 3.05) is 19.5 Å². The van der Waals surface area contributed by atoms with Crippen LogP contribution in [0.25, 0.3) is 11.5 Å². The van der Waals surface area contributed by atoms with E-state index in [1.54, 1.807) is 26.6 Å². The molecular weight excluding hydrogens is 294 g/mol. The number of nitrogens with zero attached hydrogens (tertiary/aromatic N) is 4. The third-order valence-corrected chi connectivity index (χ3v) is 3.51. The Morgan fingerprint density at radius 3 is 2.78 bits per heavy atom. The first kappa shape index (κ1) is 15.0. The Morgan fingerprint density at radius 1 is 1.22 bits per heavy atom. The molecule has 0 aliphatic rings. The quantitative estimate of drug-likeness (QED) is 0.774. The predicted molar refractivity (Wildman–Crippen MR) is 85.4 cm³/mol. The molecule has 3 rings (SSSR count). The van der Waals surface area contributed by atoms with Crippen LogP contribution in [-0.4, -0.2) is 34.3 Å². The summed E-state index contributed by atoms with van der Waals surface area (Å²) in [5, 5.41) is 6.97. The number of rotatable bonds is 5. The fourth-order valence-electron chi connectivity index (χ4n) is 2.26. The standard InChI is InChI=1S/C16H17N5O2/c1-10-8-12(22-3)5-4-11(10)9-13-20-16(21-23-13)14-15(17-2)19-7-6-18-14/h4-8H,9H2,1-3H3,(H,17,19). The SMILES string of the molecule is CNc1nccnc1-c1noc(Cc2ccc(OC)cc2C)n1. The predicted octanol–water partition coefficient (Wildman–Crippen LogP) is 2.48. The van der Waals surface area contributed by atoms with E-state index in [2.05, 4.69) is 25.4 Å². The van der Waals surface area contributed by atoms with Gasteiger partial charge in [-0.1, -0.05) is 11.2 Å².